The Labute approximate surface area is 177 Å². The van der Waals surface area contributed by atoms with Gasteiger partial charge in [0, 0.05) is 24.9 Å². The van der Waals surface area contributed by atoms with E-state index in [2.05, 4.69) is 5.32 Å². The minimum absolute atomic E-state index is 0.0246. The van der Waals surface area contributed by atoms with Crippen molar-refractivity contribution >= 4 is 11.8 Å². The van der Waals surface area contributed by atoms with Gasteiger partial charge in [-0.1, -0.05) is 42.5 Å². The van der Waals surface area contributed by atoms with Gasteiger partial charge in [0.15, 0.2) is 0 Å². The van der Waals surface area contributed by atoms with Crippen molar-refractivity contribution in [2.45, 2.75) is 45.1 Å². The van der Waals surface area contributed by atoms with Gasteiger partial charge >= 0.3 is 0 Å². The van der Waals surface area contributed by atoms with Gasteiger partial charge in [-0.05, 0) is 55.9 Å². The van der Waals surface area contributed by atoms with Gasteiger partial charge in [0.25, 0.3) is 0 Å². The number of nitrogens with one attached hydrogen (secondary N) is 1. The summed E-state index contributed by atoms with van der Waals surface area (Å²) in [6, 6.07) is 14.9. The Hall–Kier alpha value is -2.69. The van der Waals surface area contributed by atoms with Crippen molar-refractivity contribution in [2.75, 3.05) is 13.1 Å². The average Bonchev–Trinajstić information content (AvgIpc) is 3.61. The fourth-order valence-electron chi connectivity index (χ4n) is 4.38. The predicted octanol–water partition coefficient (Wildman–Crippen LogP) is 4.35. The Kier molecular flexibility index (Phi) is 5.89. The zero-order valence-electron chi connectivity index (χ0n) is 17.6. The summed E-state index contributed by atoms with van der Waals surface area (Å²) in [6.07, 6.45) is 2.54. The van der Waals surface area contributed by atoms with E-state index < -0.39 is 0 Å². The number of hydrogen-bond acceptors (Lipinski definition) is 2. The molecule has 0 bridgehead atoms. The highest BCUT2D eigenvalue weighted by Gasteiger charge is 2.40. The van der Waals surface area contributed by atoms with Crippen LogP contribution >= 0.6 is 0 Å². The number of aryl methyl sites for hydroxylation is 1. The Morgan fingerprint density at radius 1 is 1.07 bits per heavy atom. The molecule has 4 nitrogen and oxygen atoms in total. The molecule has 1 heterocycles. The van der Waals surface area contributed by atoms with Crippen LogP contribution in [0.3, 0.4) is 0 Å². The zero-order chi connectivity index (χ0) is 21.3. The van der Waals surface area contributed by atoms with Gasteiger partial charge in [0.1, 0.15) is 5.82 Å². The smallest absolute Gasteiger partial charge is 0.225 e. The minimum atomic E-state index is -0.275. The van der Waals surface area contributed by atoms with Crippen molar-refractivity contribution in [3.05, 3.63) is 71.0 Å². The van der Waals surface area contributed by atoms with Crippen LogP contribution in [0.4, 0.5) is 4.39 Å². The third-order valence-corrected chi connectivity index (χ3v) is 6.37. The second kappa shape index (κ2) is 8.58. The van der Waals surface area contributed by atoms with Gasteiger partial charge in [0.2, 0.25) is 11.8 Å². The molecule has 2 aromatic carbocycles. The van der Waals surface area contributed by atoms with Gasteiger partial charge in [0.05, 0.1) is 12.0 Å². The van der Waals surface area contributed by atoms with Crippen LogP contribution in [0.5, 0.6) is 0 Å². The normalized spacial score (nSPS) is 22.4. The number of likely N-dealkylation sites (tertiary alicyclic amines) is 1. The summed E-state index contributed by atoms with van der Waals surface area (Å²) in [6.45, 7) is 4.78. The van der Waals surface area contributed by atoms with Gasteiger partial charge in [-0.25, -0.2) is 4.39 Å². The number of amides is 2. The lowest BCUT2D eigenvalue weighted by molar-refractivity contribution is -0.137. The third kappa shape index (κ3) is 4.55. The van der Waals surface area contributed by atoms with E-state index in [0.717, 1.165) is 24.0 Å². The van der Waals surface area contributed by atoms with Crippen LogP contribution in [-0.4, -0.2) is 29.8 Å². The topological polar surface area (TPSA) is 49.4 Å². The largest absolute Gasteiger partial charge is 0.349 e. The third-order valence-electron chi connectivity index (χ3n) is 6.37. The molecule has 4 rings (SSSR count). The standard InChI is InChI=1S/C25H29FN2O2/c1-16-12-20(10-11-23(16)26)21-13-22(15-28(14-21)25(30)19-8-9-19)24(29)27-17(2)18-6-4-3-5-7-18/h3-7,10-12,17,19,21-22H,8-9,13-15H2,1-2H3,(H,27,29)/t17-,21+,22-/m0/s1. The molecule has 0 aromatic heterocycles. The van der Waals surface area contributed by atoms with Crippen molar-refractivity contribution in [3.8, 4) is 0 Å². The van der Waals surface area contributed by atoms with Gasteiger partial charge < -0.3 is 10.2 Å². The summed E-state index contributed by atoms with van der Waals surface area (Å²) < 4.78 is 13.8. The maximum atomic E-state index is 13.8. The van der Waals surface area contributed by atoms with Crippen LogP contribution in [-0.2, 0) is 9.59 Å². The van der Waals surface area contributed by atoms with Crippen LogP contribution in [0.15, 0.2) is 48.5 Å². The van der Waals surface area contributed by atoms with E-state index in [1.54, 1.807) is 13.0 Å². The Balaban J connectivity index is 1.52. The molecular formula is C25H29FN2O2. The maximum Gasteiger partial charge on any atom is 0.225 e. The first-order chi connectivity index (χ1) is 14.4. The molecule has 5 heteroatoms. The van der Waals surface area contributed by atoms with Crippen molar-refractivity contribution < 1.29 is 14.0 Å². The second-order valence-corrected chi connectivity index (χ2v) is 8.80. The summed E-state index contributed by atoms with van der Waals surface area (Å²) in [5, 5.41) is 3.13. The van der Waals surface area contributed by atoms with E-state index in [1.165, 1.54) is 6.07 Å². The van der Waals surface area contributed by atoms with E-state index in [1.807, 2.05) is 48.2 Å². The highest BCUT2D eigenvalue weighted by Crippen LogP contribution is 2.36. The van der Waals surface area contributed by atoms with E-state index in [0.29, 0.717) is 25.1 Å². The van der Waals surface area contributed by atoms with E-state index in [-0.39, 0.29) is 41.4 Å². The van der Waals surface area contributed by atoms with E-state index in [4.69, 9.17) is 0 Å². The molecule has 0 spiro atoms. The van der Waals surface area contributed by atoms with Crippen molar-refractivity contribution in [2.24, 2.45) is 11.8 Å². The van der Waals surface area contributed by atoms with Crippen molar-refractivity contribution in [3.63, 3.8) is 0 Å². The fourth-order valence-corrected chi connectivity index (χ4v) is 4.38. The number of rotatable bonds is 5. The molecule has 2 aromatic rings. The van der Waals surface area contributed by atoms with Gasteiger partial charge in [-0.3, -0.25) is 9.59 Å². The van der Waals surface area contributed by atoms with E-state index >= 15 is 0 Å². The Morgan fingerprint density at radius 3 is 2.47 bits per heavy atom. The lowest BCUT2D eigenvalue weighted by atomic mass is 9.83. The molecule has 1 saturated heterocycles. The molecule has 1 N–H and O–H groups in total. The Bertz CT molecular complexity index is 926. The number of hydrogen-bond donors (Lipinski definition) is 1. The molecule has 158 valence electrons. The summed E-state index contributed by atoms with van der Waals surface area (Å²) >= 11 is 0. The highest BCUT2D eigenvalue weighted by atomic mass is 19.1. The molecule has 1 aliphatic heterocycles. The van der Waals surface area contributed by atoms with Gasteiger partial charge in [-0.15, -0.1) is 0 Å². The maximum absolute atomic E-state index is 13.8. The van der Waals surface area contributed by atoms with Crippen molar-refractivity contribution in [1.82, 2.24) is 10.2 Å². The minimum Gasteiger partial charge on any atom is -0.349 e. The molecule has 0 unspecified atom stereocenters. The predicted molar refractivity (Wildman–Crippen MR) is 114 cm³/mol. The number of nitrogens with zero attached hydrogens (tertiary/aromatic N) is 1. The molecule has 2 aliphatic rings. The van der Waals surface area contributed by atoms with Crippen LogP contribution in [0.1, 0.15) is 54.8 Å². The summed E-state index contributed by atoms with van der Waals surface area (Å²) in [5.74, 6) is -0.223. The lowest BCUT2D eigenvalue weighted by Gasteiger charge is -2.38. The van der Waals surface area contributed by atoms with E-state index in [9.17, 15) is 14.0 Å². The average molecular weight is 409 g/mol. The van der Waals surface area contributed by atoms with Crippen LogP contribution in [0.2, 0.25) is 0 Å². The molecular weight excluding hydrogens is 379 g/mol. The molecule has 30 heavy (non-hydrogen) atoms. The fraction of sp³-hybridized carbons (Fsp3) is 0.440. The number of carbonyl (C=O) groups excluding carboxylic acids is 2. The molecule has 1 saturated carbocycles. The quantitative estimate of drug-likeness (QED) is 0.799. The monoisotopic (exact) mass is 408 g/mol. The molecule has 3 atom stereocenters. The van der Waals surface area contributed by atoms with Crippen LogP contribution < -0.4 is 5.32 Å². The lowest BCUT2D eigenvalue weighted by Crippen LogP contribution is -2.48. The number of benzene rings is 2. The number of piperidine rings is 1. The summed E-state index contributed by atoms with van der Waals surface area (Å²) in [7, 11) is 0. The first kappa shape index (κ1) is 20.6. The van der Waals surface area contributed by atoms with Crippen molar-refractivity contribution in [1.29, 1.82) is 0 Å². The van der Waals surface area contributed by atoms with Crippen LogP contribution in [0, 0.1) is 24.6 Å². The SMILES string of the molecule is Cc1cc([C@@H]2C[C@H](C(=O)N[C@@H](C)c3ccccc3)CN(C(=O)C3CC3)C2)ccc1F. The Morgan fingerprint density at radius 2 is 1.80 bits per heavy atom. The first-order valence-corrected chi connectivity index (χ1v) is 10.8. The summed E-state index contributed by atoms with van der Waals surface area (Å²) in [5.41, 5.74) is 2.64. The zero-order valence-corrected chi connectivity index (χ0v) is 17.6. The first-order valence-electron chi connectivity index (χ1n) is 10.8. The number of carbonyl (C=O) groups is 2. The molecule has 1 aliphatic carbocycles. The second-order valence-electron chi connectivity index (χ2n) is 8.80. The molecule has 2 fully saturated rings. The summed E-state index contributed by atoms with van der Waals surface area (Å²) in [4.78, 5) is 27.8. The van der Waals surface area contributed by atoms with Gasteiger partial charge in [-0.2, -0.15) is 0 Å². The van der Waals surface area contributed by atoms with Crippen LogP contribution in [0.25, 0.3) is 0 Å². The molecule has 2 amide bonds. The highest BCUT2D eigenvalue weighted by molar-refractivity contribution is 5.84. The molecule has 0 radical (unpaired) electrons. The number of halogens is 1.